The van der Waals surface area contributed by atoms with Crippen LogP contribution in [0.15, 0.2) is 78.9 Å². The summed E-state index contributed by atoms with van der Waals surface area (Å²) in [4.78, 5) is 28.5. The Morgan fingerprint density at radius 1 is 0.895 bits per heavy atom. The molecule has 3 aromatic rings. The van der Waals surface area contributed by atoms with Crippen LogP contribution in [0.3, 0.4) is 0 Å². The molecule has 202 valence electrons. The number of sulfonamides is 1. The number of amides is 2. The van der Waals surface area contributed by atoms with Gasteiger partial charge in [0.05, 0.1) is 11.9 Å². The van der Waals surface area contributed by atoms with Gasteiger partial charge in [0.1, 0.15) is 12.6 Å². The van der Waals surface area contributed by atoms with Crippen LogP contribution >= 0.6 is 0 Å². The first-order chi connectivity index (χ1) is 18.1. The van der Waals surface area contributed by atoms with Gasteiger partial charge in [0, 0.05) is 25.6 Å². The second kappa shape index (κ2) is 13.1. The Balaban J connectivity index is 2.03. The molecule has 0 saturated heterocycles. The fourth-order valence-electron chi connectivity index (χ4n) is 3.95. The van der Waals surface area contributed by atoms with E-state index in [1.165, 1.54) is 4.90 Å². The van der Waals surface area contributed by atoms with E-state index in [9.17, 15) is 26.8 Å². The van der Waals surface area contributed by atoms with E-state index in [2.05, 4.69) is 5.32 Å². The molecule has 0 aliphatic carbocycles. The molecule has 2 amide bonds. The lowest BCUT2D eigenvalue weighted by Crippen LogP contribution is -2.53. The summed E-state index contributed by atoms with van der Waals surface area (Å²) in [5.74, 6) is -3.43. The molecule has 0 spiro atoms. The minimum absolute atomic E-state index is 0.0338. The summed E-state index contributed by atoms with van der Waals surface area (Å²) in [5.41, 5.74) is 1.35. The number of nitrogens with one attached hydrogen (secondary N) is 1. The summed E-state index contributed by atoms with van der Waals surface area (Å²) in [6, 6.07) is 19.8. The van der Waals surface area contributed by atoms with Crippen LogP contribution in [0.2, 0.25) is 0 Å². The van der Waals surface area contributed by atoms with Gasteiger partial charge in [-0.3, -0.25) is 13.9 Å². The fourth-order valence-corrected chi connectivity index (χ4v) is 4.80. The van der Waals surface area contributed by atoms with Gasteiger partial charge in [0.25, 0.3) is 0 Å². The van der Waals surface area contributed by atoms with Gasteiger partial charge in [-0.15, -0.1) is 0 Å². The van der Waals surface area contributed by atoms with Crippen molar-refractivity contribution in [2.75, 3.05) is 23.7 Å². The number of hydrogen-bond donors (Lipinski definition) is 1. The van der Waals surface area contributed by atoms with Crippen molar-refractivity contribution in [3.8, 4) is 0 Å². The number of halogens is 2. The molecular formula is C28H31F2N3O4S. The molecule has 7 nitrogen and oxygen atoms in total. The molecule has 1 unspecified atom stereocenters. The largest absolute Gasteiger partial charge is 0.354 e. The monoisotopic (exact) mass is 543 g/mol. The van der Waals surface area contributed by atoms with E-state index in [1.807, 2.05) is 43.3 Å². The summed E-state index contributed by atoms with van der Waals surface area (Å²) in [7, 11) is -4.07. The van der Waals surface area contributed by atoms with Gasteiger partial charge in [-0.25, -0.2) is 17.2 Å². The second-order valence-corrected chi connectivity index (χ2v) is 10.8. The van der Waals surface area contributed by atoms with Crippen molar-refractivity contribution in [1.82, 2.24) is 10.2 Å². The first-order valence-electron chi connectivity index (χ1n) is 12.2. The summed E-state index contributed by atoms with van der Waals surface area (Å²) in [6.45, 7) is 1.64. The van der Waals surface area contributed by atoms with Crippen molar-refractivity contribution < 1.29 is 26.8 Å². The number of benzene rings is 3. The molecule has 0 radical (unpaired) electrons. The lowest BCUT2D eigenvalue weighted by Gasteiger charge is -2.33. The average Bonchev–Trinajstić information content (AvgIpc) is 2.90. The van der Waals surface area contributed by atoms with Crippen LogP contribution in [0.4, 0.5) is 14.5 Å². The molecule has 0 aliphatic heterocycles. The number of hydrogen-bond acceptors (Lipinski definition) is 4. The summed E-state index contributed by atoms with van der Waals surface area (Å²) in [5, 5.41) is 2.85. The maximum absolute atomic E-state index is 14.0. The van der Waals surface area contributed by atoms with Crippen molar-refractivity contribution >= 4 is 27.5 Å². The number of rotatable bonds is 12. The predicted octanol–water partition coefficient (Wildman–Crippen LogP) is 3.90. The minimum atomic E-state index is -4.07. The van der Waals surface area contributed by atoms with Crippen LogP contribution in [-0.2, 0) is 32.6 Å². The molecule has 0 bridgehead atoms. The van der Waals surface area contributed by atoms with Gasteiger partial charge < -0.3 is 10.2 Å². The van der Waals surface area contributed by atoms with E-state index in [4.69, 9.17) is 0 Å². The molecule has 10 heteroatoms. The zero-order chi connectivity index (χ0) is 27.7. The van der Waals surface area contributed by atoms with E-state index >= 15 is 0 Å². The van der Waals surface area contributed by atoms with Gasteiger partial charge in [-0.1, -0.05) is 67.6 Å². The van der Waals surface area contributed by atoms with Crippen LogP contribution in [0.1, 0.15) is 24.5 Å². The highest BCUT2D eigenvalue weighted by Crippen LogP contribution is 2.22. The molecule has 1 N–H and O–H groups in total. The second-order valence-electron chi connectivity index (χ2n) is 8.87. The van der Waals surface area contributed by atoms with Gasteiger partial charge in [-0.05, 0) is 29.7 Å². The molecule has 3 rings (SSSR count). The molecule has 0 saturated carbocycles. The third-order valence-electron chi connectivity index (χ3n) is 5.89. The lowest BCUT2D eigenvalue weighted by molar-refractivity contribution is -0.140. The van der Waals surface area contributed by atoms with Gasteiger partial charge in [0.2, 0.25) is 21.8 Å². The van der Waals surface area contributed by atoms with Gasteiger partial charge in [0.15, 0.2) is 11.6 Å². The lowest BCUT2D eigenvalue weighted by atomic mass is 10.0. The number of carbonyl (C=O) groups is 2. The minimum Gasteiger partial charge on any atom is -0.354 e. The Hall–Kier alpha value is -3.79. The Labute approximate surface area is 222 Å². The topological polar surface area (TPSA) is 86.8 Å². The van der Waals surface area contributed by atoms with E-state index in [0.29, 0.717) is 17.3 Å². The summed E-state index contributed by atoms with van der Waals surface area (Å²) in [6.07, 6.45) is 1.76. The van der Waals surface area contributed by atoms with Crippen LogP contribution in [0.5, 0.6) is 0 Å². The third-order valence-corrected chi connectivity index (χ3v) is 7.03. The summed E-state index contributed by atoms with van der Waals surface area (Å²) >= 11 is 0. The van der Waals surface area contributed by atoms with Gasteiger partial charge in [-0.2, -0.15) is 0 Å². The molecule has 1 atom stereocenters. The van der Waals surface area contributed by atoms with E-state index in [-0.39, 0.29) is 24.6 Å². The molecule has 0 heterocycles. The Morgan fingerprint density at radius 3 is 2.05 bits per heavy atom. The fraction of sp³-hybridized carbons (Fsp3) is 0.286. The zero-order valence-electron chi connectivity index (χ0n) is 21.3. The first kappa shape index (κ1) is 28.8. The average molecular weight is 544 g/mol. The number of nitrogens with zero attached hydrogens (tertiary/aromatic N) is 2. The zero-order valence-corrected chi connectivity index (χ0v) is 22.1. The highest BCUT2D eigenvalue weighted by molar-refractivity contribution is 7.92. The Bertz CT molecular complexity index is 1340. The van der Waals surface area contributed by atoms with Crippen LogP contribution in [0, 0.1) is 11.6 Å². The quantitative estimate of drug-likeness (QED) is 0.376. The number of carbonyl (C=O) groups excluding carboxylic acids is 2. The third kappa shape index (κ3) is 7.85. The maximum Gasteiger partial charge on any atom is 0.244 e. The van der Waals surface area contributed by atoms with Crippen LogP contribution < -0.4 is 9.62 Å². The van der Waals surface area contributed by atoms with Crippen molar-refractivity contribution in [2.45, 2.75) is 32.4 Å². The molecule has 38 heavy (non-hydrogen) atoms. The standard InChI is InChI=1S/C28H31F2N3O4S/c1-3-16-31-28(35)26(17-21-10-6-4-7-11-21)32(19-22-12-8-5-9-13-22)27(34)20-33(38(2,36)37)23-14-15-24(29)25(30)18-23/h4-15,18,26H,3,16-17,19-20H2,1-2H3,(H,31,35). The van der Waals surface area contributed by atoms with Crippen molar-refractivity contribution in [1.29, 1.82) is 0 Å². The highest BCUT2D eigenvalue weighted by Gasteiger charge is 2.33. The predicted molar refractivity (Wildman–Crippen MR) is 143 cm³/mol. The first-order valence-corrected chi connectivity index (χ1v) is 14.0. The smallest absolute Gasteiger partial charge is 0.244 e. The SMILES string of the molecule is CCCNC(=O)C(Cc1ccccc1)N(Cc1ccccc1)C(=O)CN(c1ccc(F)c(F)c1)S(C)(=O)=O. The molecular weight excluding hydrogens is 512 g/mol. The highest BCUT2D eigenvalue weighted by atomic mass is 32.2. The summed E-state index contributed by atoms with van der Waals surface area (Å²) < 4.78 is 53.5. The van der Waals surface area contributed by atoms with E-state index in [0.717, 1.165) is 35.6 Å². The normalized spacial score (nSPS) is 12.0. The molecule has 0 aromatic heterocycles. The van der Waals surface area contributed by atoms with E-state index in [1.54, 1.807) is 24.3 Å². The molecule has 3 aromatic carbocycles. The van der Waals surface area contributed by atoms with Crippen molar-refractivity contribution in [2.24, 2.45) is 0 Å². The maximum atomic E-state index is 14.0. The van der Waals surface area contributed by atoms with Crippen LogP contribution in [-0.4, -0.2) is 50.5 Å². The van der Waals surface area contributed by atoms with Crippen LogP contribution in [0.25, 0.3) is 0 Å². The molecule has 0 fully saturated rings. The van der Waals surface area contributed by atoms with Crippen molar-refractivity contribution in [3.63, 3.8) is 0 Å². The van der Waals surface area contributed by atoms with Crippen molar-refractivity contribution in [3.05, 3.63) is 102 Å². The number of anilines is 1. The Kier molecular flexibility index (Phi) is 9.95. The Morgan fingerprint density at radius 2 is 1.50 bits per heavy atom. The van der Waals surface area contributed by atoms with Gasteiger partial charge >= 0.3 is 0 Å². The molecule has 0 aliphatic rings. The van der Waals surface area contributed by atoms with E-state index < -0.39 is 40.2 Å².